The Bertz CT molecular complexity index is 334. The van der Waals surface area contributed by atoms with E-state index in [1.807, 2.05) is 13.8 Å². The van der Waals surface area contributed by atoms with Crippen molar-refractivity contribution in [1.29, 1.82) is 0 Å². The van der Waals surface area contributed by atoms with E-state index in [2.05, 4.69) is 0 Å². The smallest absolute Gasteiger partial charge is 0.406 e. The van der Waals surface area contributed by atoms with Crippen molar-refractivity contribution in [2.75, 3.05) is 19.6 Å². The van der Waals surface area contributed by atoms with Crippen molar-refractivity contribution in [3.05, 3.63) is 11.6 Å². The van der Waals surface area contributed by atoms with E-state index in [9.17, 15) is 18.0 Å². The minimum atomic E-state index is -4.70. The molecule has 0 amide bonds. The highest BCUT2D eigenvalue weighted by atomic mass is 19.4. The zero-order valence-electron chi connectivity index (χ0n) is 9.84. The summed E-state index contributed by atoms with van der Waals surface area (Å²) in [5.41, 5.74) is -1.59. The van der Waals surface area contributed by atoms with Crippen molar-refractivity contribution >= 4 is 5.97 Å². The molecule has 1 fully saturated rings. The molecule has 0 bridgehead atoms. The fourth-order valence-corrected chi connectivity index (χ4v) is 1.88. The van der Waals surface area contributed by atoms with Gasteiger partial charge in [0.15, 0.2) is 5.41 Å². The van der Waals surface area contributed by atoms with E-state index in [4.69, 9.17) is 5.11 Å². The van der Waals surface area contributed by atoms with E-state index in [0.717, 1.165) is 5.57 Å². The highest BCUT2D eigenvalue weighted by molar-refractivity contribution is 5.76. The molecule has 98 valence electrons. The number of allylic oxidation sites excluding steroid dienone is 1. The standard InChI is InChI=1S/C11H16F3NO2/c1-8(2)3-5-15-6-4-10(7-15,9(16)17)11(12,13)14/h3H,4-7H2,1-2H3,(H,16,17). The van der Waals surface area contributed by atoms with E-state index >= 15 is 0 Å². The summed E-state index contributed by atoms with van der Waals surface area (Å²) < 4.78 is 38.4. The third-order valence-corrected chi connectivity index (χ3v) is 3.06. The lowest BCUT2D eigenvalue weighted by atomic mass is 9.86. The first-order valence-corrected chi connectivity index (χ1v) is 5.35. The van der Waals surface area contributed by atoms with Crippen LogP contribution in [0.25, 0.3) is 0 Å². The lowest BCUT2D eigenvalue weighted by Gasteiger charge is -2.27. The van der Waals surface area contributed by atoms with Gasteiger partial charge in [0.2, 0.25) is 0 Å². The molecule has 1 heterocycles. The molecule has 1 aliphatic rings. The average Bonchev–Trinajstić information content (AvgIpc) is 2.58. The predicted octanol–water partition coefficient (Wildman–Crippen LogP) is 2.29. The molecule has 1 atom stereocenters. The largest absolute Gasteiger partial charge is 0.481 e. The fourth-order valence-electron chi connectivity index (χ4n) is 1.88. The lowest BCUT2D eigenvalue weighted by molar-refractivity contribution is -0.227. The van der Waals surface area contributed by atoms with Crippen molar-refractivity contribution < 1.29 is 23.1 Å². The highest BCUT2D eigenvalue weighted by Gasteiger charge is 2.63. The zero-order chi connectivity index (χ0) is 13.3. The van der Waals surface area contributed by atoms with Crippen LogP contribution in [0.15, 0.2) is 11.6 Å². The van der Waals surface area contributed by atoms with Crippen LogP contribution >= 0.6 is 0 Å². The van der Waals surface area contributed by atoms with Crippen molar-refractivity contribution in [1.82, 2.24) is 4.90 Å². The van der Waals surface area contributed by atoms with Crippen LogP contribution in [0, 0.1) is 5.41 Å². The molecule has 1 saturated heterocycles. The Kier molecular flexibility index (Phi) is 3.86. The van der Waals surface area contributed by atoms with Crippen LogP contribution in [0.1, 0.15) is 20.3 Å². The summed E-state index contributed by atoms with van der Waals surface area (Å²) >= 11 is 0. The molecule has 1 rings (SSSR count). The number of rotatable bonds is 3. The average molecular weight is 251 g/mol. The Morgan fingerprint density at radius 2 is 2.06 bits per heavy atom. The molecule has 3 nitrogen and oxygen atoms in total. The molecular weight excluding hydrogens is 235 g/mol. The van der Waals surface area contributed by atoms with Gasteiger partial charge in [-0.05, 0) is 26.8 Å². The van der Waals surface area contributed by atoms with Crippen LogP contribution in [0.2, 0.25) is 0 Å². The van der Waals surface area contributed by atoms with Gasteiger partial charge in [-0.25, -0.2) is 0 Å². The third kappa shape index (κ3) is 2.80. The molecule has 0 radical (unpaired) electrons. The highest BCUT2D eigenvalue weighted by Crippen LogP contribution is 2.45. The first-order chi connectivity index (χ1) is 7.69. The van der Waals surface area contributed by atoms with Gasteiger partial charge in [-0.1, -0.05) is 11.6 Å². The summed E-state index contributed by atoms with van der Waals surface area (Å²) in [6.45, 7) is 3.77. The number of likely N-dealkylation sites (tertiary alicyclic amines) is 1. The van der Waals surface area contributed by atoms with Gasteiger partial charge in [-0.3, -0.25) is 9.69 Å². The summed E-state index contributed by atoms with van der Waals surface area (Å²) in [6.07, 6.45) is -3.27. The van der Waals surface area contributed by atoms with Crippen molar-refractivity contribution in [3.8, 4) is 0 Å². The number of nitrogens with zero attached hydrogens (tertiary/aromatic N) is 1. The Morgan fingerprint density at radius 3 is 2.41 bits per heavy atom. The third-order valence-electron chi connectivity index (χ3n) is 3.06. The maximum absolute atomic E-state index is 12.8. The Labute approximate surface area is 97.9 Å². The first kappa shape index (κ1) is 14.0. The molecule has 0 spiro atoms. The van der Waals surface area contributed by atoms with Gasteiger partial charge < -0.3 is 5.11 Å². The summed E-state index contributed by atoms with van der Waals surface area (Å²) in [6, 6.07) is 0. The summed E-state index contributed by atoms with van der Waals surface area (Å²) in [5, 5.41) is 8.83. The van der Waals surface area contributed by atoms with E-state index in [-0.39, 0.29) is 13.0 Å². The molecule has 6 heteroatoms. The van der Waals surface area contributed by atoms with Crippen molar-refractivity contribution in [2.45, 2.75) is 26.4 Å². The Morgan fingerprint density at radius 1 is 1.47 bits per heavy atom. The fraction of sp³-hybridized carbons (Fsp3) is 0.727. The lowest BCUT2D eigenvalue weighted by Crippen LogP contribution is -2.47. The second-order valence-corrected chi connectivity index (χ2v) is 4.65. The van der Waals surface area contributed by atoms with Crippen LogP contribution in [-0.2, 0) is 4.79 Å². The van der Waals surface area contributed by atoms with Gasteiger partial charge in [0, 0.05) is 13.1 Å². The minimum absolute atomic E-state index is 0.162. The second-order valence-electron chi connectivity index (χ2n) is 4.65. The quantitative estimate of drug-likeness (QED) is 0.782. The molecule has 0 aliphatic carbocycles. The SMILES string of the molecule is CC(C)=CCN1CCC(C(=O)O)(C(F)(F)F)C1. The number of hydrogen-bond donors (Lipinski definition) is 1. The van der Waals surface area contributed by atoms with E-state index in [1.54, 1.807) is 6.08 Å². The van der Waals surface area contributed by atoms with E-state index in [1.165, 1.54) is 4.90 Å². The topological polar surface area (TPSA) is 40.5 Å². The van der Waals surface area contributed by atoms with Crippen LogP contribution in [0.4, 0.5) is 13.2 Å². The monoisotopic (exact) mass is 251 g/mol. The number of alkyl halides is 3. The molecular formula is C11H16F3NO2. The molecule has 0 aromatic heterocycles. The van der Waals surface area contributed by atoms with E-state index in [0.29, 0.717) is 6.54 Å². The van der Waals surface area contributed by atoms with Gasteiger partial charge >= 0.3 is 12.1 Å². The number of carboxylic acid groups (broad SMARTS) is 1. The maximum Gasteiger partial charge on any atom is 0.406 e. The van der Waals surface area contributed by atoms with Crippen LogP contribution in [0.5, 0.6) is 0 Å². The second kappa shape index (κ2) is 4.68. The molecule has 1 aliphatic heterocycles. The molecule has 1 unspecified atom stereocenters. The Balaban J connectivity index is 2.80. The van der Waals surface area contributed by atoms with Gasteiger partial charge in [0.1, 0.15) is 0 Å². The van der Waals surface area contributed by atoms with Crippen LogP contribution in [-0.4, -0.2) is 41.8 Å². The first-order valence-electron chi connectivity index (χ1n) is 5.35. The number of halogens is 3. The zero-order valence-corrected chi connectivity index (χ0v) is 9.84. The normalized spacial score (nSPS) is 25.9. The number of hydrogen-bond acceptors (Lipinski definition) is 2. The molecule has 17 heavy (non-hydrogen) atoms. The molecule has 0 aromatic rings. The van der Waals surface area contributed by atoms with Crippen molar-refractivity contribution in [2.24, 2.45) is 5.41 Å². The number of carboxylic acids is 1. The number of carbonyl (C=O) groups is 1. The van der Waals surface area contributed by atoms with Gasteiger partial charge in [0.05, 0.1) is 0 Å². The molecule has 1 N–H and O–H groups in total. The predicted molar refractivity (Wildman–Crippen MR) is 56.6 cm³/mol. The maximum atomic E-state index is 12.8. The Hall–Kier alpha value is -1.04. The van der Waals surface area contributed by atoms with E-state index < -0.39 is 24.1 Å². The van der Waals surface area contributed by atoms with Gasteiger partial charge in [-0.15, -0.1) is 0 Å². The van der Waals surface area contributed by atoms with Gasteiger partial charge in [-0.2, -0.15) is 13.2 Å². The van der Waals surface area contributed by atoms with Gasteiger partial charge in [0.25, 0.3) is 0 Å². The molecule has 0 aromatic carbocycles. The molecule has 0 saturated carbocycles. The number of aliphatic carboxylic acids is 1. The summed E-state index contributed by atoms with van der Waals surface area (Å²) in [4.78, 5) is 12.4. The minimum Gasteiger partial charge on any atom is -0.481 e. The van der Waals surface area contributed by atoms with Crippen LogP contribution in [0.3, 0.4) is 0 Å². The van der Waals surface area contributed by atoms with Crippen LogP contribution < -0.4 is 0 Å². The van der Waals surface area contributed by atoms with Crippen molar-refractivity contribution in [3.63, 3.8) is 0 Å². The summed E-state index contributed by atoms with van der Waals surface area (Å²) in [7, 11) is 0. The summed E-state index contributed by atoms with van der Waals surface area (Å²) in [5.74, 6) is -1.77.